The first-order valence-electron chi connectivity index (χ1n) is 13.5. The number of amides is 3. The largest absolute Gasteiger partial charge is 0.325 e. The quantitative estimate of drug-likeness (QED) is 0.128. The third-order valence-corrected chi connectivity index (χ3v) is 8.12. The number of hydrogen-bond donors (Lipinski definition) is 3. The second kappa shape index (κ2) is 14.5. The number of thioether (sulfide) groups is 1. The number of nitrogens with one attached hydrogen (secondary N) is 3. The summed E-state index contributed by atoms with van der Waals surface area (Å²) in [6.07, 6.45) is 2.16. The molecule has 214 valence electrons. The van der Waals surface area contributed by atoms with Gasteiger partial charge in [0.05, 0.1) is 5.25 Å². The molecular weight excluding hydrogens is 566 g/mol. The molecule has 0 aliphatic heterocycles. The summed E-state index contributed by atoms with van der Waals surface area (Å²) in [5.74, 6) is -1.02. The molecule has 3 N–H and O–H groups in total. The molecule has 0 fully saturated rings. The van der Waals surface area contributed by atoms with Crippen LogP contribution in [0.15, 0.2) is 108 Å². The third kappa shape index (κ3) is 8.35. The van der Waals surface area contributed by atoms with Crippen molar-refractivity contribution in [2.45, 2.75) is 37.3 Å². The minimum absolute atomic E-state index is 0.0364. The monoisotopic (exact) mass is 597 g/mol. The minimum atomic E-state index is -0.513. The first-order chi connectivity index (χ1) is 20.2. The highest BCUT2D eigenvalue weighted by Crippen LogP contribution is 2.29. The van der Waals surface area contributed by atoms with E-state index in [-0.39, 0.29) is 16.9 Å². The average molecular weight is 598 g/mol. The van der Waals surface area contributed by atoms with E-state index in [0.717, 1.165) is 21.7 Å². The molecule has 8 heteroatoms. The number of carbonyl (C=O) groups excluding carboxylic acids is 3. The van der Waals surface area contributed by atoms with Crippen LogP contribution in [0.2, 0.25) is 5.02 Å². The molecule has 4 aromatic carbocycles. The number of halogens is 1. The van der Waals surface area contributed by atoms with E-state index in [1.54, 1.807) is 60.7 Å². The number of aryl methyl sites for hydroxylation is 2. The van der Waals surface area contributed by atoms with E-state index < -0.39 is 11.8 Å². The van der Waals surface area contributed by atoms with Gasteiger partial charge in [-0.25, -0.2) is 0 Å². The molecule has 0 bridgehead atoms. The Kier molecular flexibility index (Phi) is 10.6. The van der Waals surface area contributed by atoms with Gasteiger partial charge in [-0.1, -0.05) is 73.1 Å². The Labute approximate surface area is 255 Å². The predicted molar refractivity (Wildman–Crippen MR) is 173 cm³/mol. The maximum absolute atomic E-state index is 13.4. The van der Waals surface area contributed by atoms with E-state index in [0.29, 0.717) is 28.3 Å². The van der Waals surface area contributed by atoms with Crippen molar-refractivity contribution in [2.24, 2.45) is 0 Å². The highest BCUT2D eigenvalue weighted by molar-refractivity contribution is 8.00. The van der Waals surface area contributed by atoms with Gasteiger partial charge in [-0.05, 0) is 85.5 Å². The van der Waals surface area contributed by atoms with Crippen molar-refractivity contribution in [3.8, 4) is 0 Å². The highest BCUT2D eigenvalue weighted by atomic mass is 35.5. The van der Waals surface area contributed by atoms with Crippen LogP contribution < -0.4 is 16.0 Å². The Morgan fingerprint density at radius 2 is 1.60 bits per heavy atom. The molecule has 0 aliphatic rings. The molecule has 0 heterocycles. The first kappa shape index (κ1) is 30.6. The zero-order valence-electron chi connectivity index (χ0n) is 23.6. The Hall–Kier alpha value is -4.33. The fraction of sp³-hybridized carbons (Fsp3) is 0.147. The van der Waals surface area contributed by atoms with E-state index in [2.05, 4.69) is 16.0 Å². The van der Waals surface area contributed by atoms with Gasteiger partial charge in [0, 0.05) is 26.9 Å². The normalized spacial score (nSPS) is 11.9. The Morgan fingerprint density at radius 1 is 0.857 bits per heavy atom. The van der Waals surface area contributed by atoms with Crippen molar-refractivity contribution < 1.29 is 14.4 Å². The van der Waals surface area contributed by atoms with Gasteiger partial charge in [0.1, 0.15) is 5.70 Å². The van der Waals surface area contributed by atoms with Gasteiger partial charge in [0.15, 0.2) is 0 Å². The Bertz CT molecular complexity index is 1620. The van der Waals surface area contributed by atoms with Crippen LogP contribution in [-0.2, 0) is 9.59 Å². The molecule has 3 amide bonds. The van der Waals surface area contributed by atoms with Crippen LogP contribution in [-0.4, -0.2) is 23.0 Å². The molecule has 1 unspecified atom stereocenters. The van der Waals surface area contributed by atoms with Gasteiger partial charge in [0.25, 0.3) is 11.8 Å². The van der Waals surface area contributed by atoms with E-state index >= 15 is 0 Å². The Balaban J connectivity index is 1.51. The fourth-order valence-corrected chi connectivity index (χ4v) is 5.31. The summed E-state index contributed by atoms with van der Waals surface area (Å²) in [4.78, 5) is 40.3. The second-order valence-corrected chi connectivity index (χ2v) is 11.4. The zero-order valence-corrected chi connectivity index (χ0v) is 25.2. The van der Waals surface area contributed by atoms with Crippen LogP contribution in [0.5, 0.6) is 0 Å². The summed E-state index contributed by atoms with van der Waals surface area (Å²) >= 11 is 7.76. The topological polar surface area (TPSA) is 87.3 Å². The van der Waals surface area contributed by atoms with Gasteiger partial charge in [0.2, 0.25) is 5.91 Å². The van der Waals surface area contributed by atoms with Gasteiger partial charge in [-0.3, -0.25) is 14.4 Å². The lowest BCUT2D eigenvalue weighted by atomic mass is 10.1. The number of hydrogen-bond acceptors (Lipinski definition) is 4. The maximum Gasteiger partial charge on any atom is 0.272 e. The first-order valence-corrected chi connectivity index (χ1v) is 14.8. The summed E-state index contributed by atoms with van der Waals surface area (Å²) in [6.45, 7) is 5.92. The SMILES string of the molecule is CCC(Sc1cccc(NC(=O)/C(=C\c2ccccc2Cl)NC(=O)c2ccccc2)c1)C(=O)Nc1cc(C)ccc1C. The molecule has 0 radical (unpaired) electrons. The summed E-state index contributed by atoms with van der Waals surface area (Å²) in [5, 5.41) is 8.76. The Morgan fingerprint density at radius 3 is 2.33 bits per heavy atom. The molecule has 0 aromatic heterocycles. The lowest BCUT2D eigenvalue weighted by Gasteiger charge is -2.17. The average Bonchev–Trinajstić information content (AvgIpc) is 2.99. The summed E-state index contributed by atoms with van der Waals surface area (Å²) in [5.41, 5.74) is 4.43. The predicted octanol–water partition coefficient (Wildman–Crippen LogP) is 7.88. The van der Waals surface area contributed by atoms with Crippen LogP contribution in [0.3, 0.4) is 0 Å². The van der Waals surface area contributed by atoms with Crippen molar-refractivity contribution in [2.75, 3.05) is 10.6 Å². The molecule has 42 heavy (non-hydrogen) atoms. The summed E-state index contributed by atoms with van der Waals surface area (Å²) in [6, 6.07) is 28.9. The van der Waals surface area contributed by atoms with Crippen LogP contribution in [0.4, 0.5) is 11.4 Å². The number of anilines is 2. The van der Waals surface area contributed by atoms with Crippen LogP contribution >= 0.6 is 23.4 Å². The van der Waals surface area contributed by atoms with Gasteiger partial charge in [-0.2, -0.15) is 0 Å². The van der Waals surface area contributed by atoms with Crippen molar-refractivity contribution >= 4 is 58.5 Å². The van der Waals surface area contributed by atoms with E-state index in [1.807, 2.05) is 63.2 Å². The highest BCUT2D eigenvalue weighted by Gasteiger charge is 2.20. The van der Waals surface area contributed by atoms with Crippen molar-refractivity contribution in [1.82, 2.24) is 5.32 Å². The van der Waals surface area contributed by atoms with Crippen molar-refractivity contribution in [3.05, 3.63) is 130 Å². The van der Waals surface area contributed by atoms with Crippen LogP contribution in [0.1, 0.15) is 40.4 Å². The van der Waals surface area contributed by atoms with Crippen LogP contribution in [0.25, 0.3) is 6.08 Å². The molecule has 6 nitrogen and oxygen atoms in total. The minimum Gasteiger partial charge on any atom is -0.325 e. The lowest BCUT2D eigenvalue weighted by Crippen LogP contribution is -2.30. The summed E-state index contributed by atoms with van der Waals surface area (Å²) < 4.78 is 0. The number of rotatable bonds is 10. The van der Waals surface area contributed by atoms with Crippen molar-refractivity contribution in [1.29, 1.82) is 0 Å². The smallest absolute Gasteiger partial charge is 0.272 e. The van der Waals surface area contributed by atoms with Gasteiger partial charge < -0.3 is 16.0 Å². The maximum atomic E-state index is 13.4. The molecule has 4 rings (SSSR count). The van der Waals surface area contributed by atoms with Gasteiger partial charge in [-0.15, -0.1) is 11.8 Å². The molecule has 1 atom stereocenters. The second-order valence-electron chi connectivity index (χ2n) is 9.70. The molecule has 0 saturated carbocycles. The summed E-state index contributed by atoms with van der Waals surface area (Å²) in [7, 11) is 0. The molecule has 4 aromatic rings. The number of carbonyl (C=O) groups is 3. The molecule has 0 aliphatic carbocycles. The van der Waals surface area contributed by atoms with Gasteiger partial charge >= 0.3 is 0 Å². The lowest BCUT2D eigenvalue weighted by molar-refractivity contribution is -0.116. The number of benzene rings is 4. The van der Waals surface area contributed by atoms with Crippen LogP contribution in [0, 0.1) is 13.8 Å². The van der Waals surface area contributed by atoms with Crippen molar-refractivity contribution in [3.63, 3.8) is 0 Å². The van der Waals surface area contributed by atoms with E-state index in [9.17, 15) is 14.4 Å². The van der Waals surface area contributed by atoms with E-state index in [1.165, 1.54) is 11.8 Å². The molecular formula is C34H32ClN3O3S. The van der Waals surface area contributed by atoms with E-state index in [4.69, 9.17) is 11.6 Å². The standard InChI is InChI=1S/C34H32ClN3O3S/c1-4-31(34(41)37-29-19-22(2)17-18-23(29)3)42-27-15-10-14-26(21-27)36-33(40)30(20-25-13-8-9-16-28(25)35)38-32(39)24-11-6-5-7-12-24/h5-21,31H,4H2,1-3H3,(H,36,40)(H,37,41)(H,38,39)/b30-20+. The third-order valence-electron chi connectivity index (χ3n) is 6.42. The molecule has 0 spiro atoms. The fourth-order valence-electron chi connectivity index (χ4n) is 4.11. The zero-order chi connectivity index (χ0) is 30.1. The molecule has 0 saturated heterocycles.